The van der Waals surface area contributed by atoms with Gasteiger partial charge in [-0.15, -0.1) is 0 Å². The molecule has 1 heterocycles. The van der Waals surface area contributed by atoms with Gasteiger partial charge in [-0.25, -0.2) is 12.4 Å². The molecular formula is C19H21BrN2O4S. The lowest BCUT2D eigenvalue weighted by atomic mass is 10.2. The predicted molar refractivity (Wildman–Crippen MR) is 109 cm³/mol. The van der Waals surface area contributed by atoms with E-state index in [1.165, 1.54) is 10.2 Å². The second-order valence-corrected chi connectivity index (χ2v) is 9.01. The fourth-order valence-electron chi connectivity index (χ4n) is 2.65. The minimum Gasteiger partial charge on any atom is -0.497 e. The molecule has 0 fully saturated rings. The number of ether oxygens (including phenoxy) is 2. The summed E-state index contributed by atoms with van der Waals surface area (Å²) in [5.74, 6) is 1.14. The molecule has 0 radical (unpaired) electrons. The highest BCUT2D eigenvalue weighted by molar-refractivity contribution is 9.10. The van der Waals surface area contributed by atoms with Crippen LogP contribution in [-0.2, 0) is 10.0 Å². The van der Waals surface area contributed by atoms with E-state index in [0.717, 1.165) is 11.0 Å². The molecule has 0 saturated heterocycles. The second kappa shape index (κ2) is 7.92. The molecule has 0 aliphatic heterocycles. The van der Waals surface area contributed by atoms with Gasteiger partial charge in [0, 0.05) is 16.4 Å². The molecule has 3 rings (SSSR count). The van der Waals surface area contributed by atoms with Crippen LogP contribution in [-0.4, -0.2) is 51.6 Å². The van der Waals surface area contributed by atoms with Crippen molar-refractivity contribution in [2.45, 2.75) is 4.90 Å². The number of halogens is 1. The summed E-state index contributed by atoms with van der Waals surface area (Å²) in [5.41, 5.74) is 0.540. The minimum absolute atomic E-state index is 0.207. The van der Waals surface area contributed by atoms with E-state index >= 15 is 0 Å². The summed E-state index contributed by atoms with van der Waals surface area (Å²) >= 11 is 3.33. The molecule has 0 saturated carbocycles. The van der Waals surface area contributed by atoms with Crippen molar-refractivity contribution in [2.24, 2.45) is 0 Å². The van der Waals surface area contributed by atoms with Gasteiger partial charge >= 0.3 is 0 Å². The summed E-state index contributed by atoms with van der Waals surface area (Å²) in [6.07, 6.45) is 1.52. The highest BCUT2D eigenvalue weighted by Crippen LogP contribution is 2.34. The van der Waals surface area contributed by atoms with Crippen LogP contribution in [0.1, 0.15) is 0 Å². The number of hydrogen-bond donors (Lipinski definition) is 0. The Morgan fingerprint density at radius 2 is 1.81 bits per heavy atom. The van der Waals surface area contributed by atoms with E-state index in [9.17, 15) is 8.42 Å². The van der Waals surface area contributed by atoms with Crippen molar-refractivity contribution in [3.8, 4) is 11.5 Å². The normalized spacial score (nSPS) is 11.9. The van der Waals surface area contributed by atoms with Gasteiger partial charge in [0.15, 0.2) is 0 Å². The van der Waals surface area contributed by atoms with Gasteiger partial charge in [0.05, 0.1) is 23.7 Å². The van der Waals surface area contributed by atoms with E-state index in [0.29, 0.717) is 29.0 Å². The smallest absolute Gasteiger partial charge is 0.268 e. The molecule has 2 aromatic carbocycles. The third-order valence-corrected chi connectivity index (χ3v) is 6.32. The molecule has 3 aromatic rings. The number of hydrogen-bond acceptors (Lipinski definition) is 5. The maximum Gasteiger partial charge on any atom is 0.268 e. The van der Waals surface area contributed by atoms with Gasteiger partial charge in [0.25, 0.3) is 10.0 Å². The average Bonchev–Trinajstić information content (AvgIpc) is 3.00. The first-order valence-electron chi connectivity index (χ1n) is 8.30. The number of aromatic nitrogens is 1. The molecule has 0 spiro atoms. The monoisotopic (exact) mass is 452 g/mol. The summed E-state index contributed by atoms with van der Waals surface area (Å²) in [5, 5.41) is 0.689. The molecule has 0 amide bonds. The number of methoxy groups -OCH3 is 1. The van der Waals surface area contributed by atoms with E-state index in [1.807, 2.05) is 19.0 Å². The Bertz CT molecular complexity index is 1040. The highest BCUT2D eigenvalue weighted by Gasteiger charge is 2.22. The summed E-state index contributed by atoms with van der Waals surface area (Å²) in [7, 11) is 1.72. The van der Waals surface area contributed by atoms with Crippen LogP contribution in [0.4, 0.5) is 0 Å². The third-order valence-electron chi connectivity index (χ3n) is 4.11. The van der Waals surface area contributed by atoms with Crippen molar-refractivity contribution >= 4 is 36.9 Å². The molecule has 27 heavy (non-hydrogen) atoms. The minimum atomic E-state index is -3.76. The first-order chi connectivity index (χ1) is 12.8. The average molecular weight is 453 g/mol. The van der Waals surface area contributed by atoms with Crippen LogP contribution < -0.4 is 9.47 Å². The van der Waals surface area contributed by atoms with Crippen LogP contribution in [0, 0.1) is 0 Å². The topological polar surface area (TPSA) is 60.8 Å². The molecule has 0 unspecified atom stereocenters. The lowest BCUT2D eigenvalue weighted by Crippen LogP contribution is -2.19. The van der Waals surface area contributed by atoms with Crippen molar-refractivity contribution in [3.63, 3.8) is 0 Å². The molecule has 0 bridgehead atoms. The van der Waals surface area contributed by atoms with Crippen molar-refractivity contribution in [2.75, 3.05) is 34.4 Å². The molecule has 144 valence electrons. The summed E-state index contributed by atoms with van der Waals surface area (Å²) in [6, 6.07) is 11.8. The van der Waals surface area contributed by atoms with Crippen molar-refractivity contribution in [1.82, 2.24) is 8.87 Å². The first kappa shape index (κ1) is 19.7. The predicted octanol–water partition coefficient (Wildman–Crippen LogP) is 3.59. The van der Waals surface area contributed by atoms with Crippen LogP contribution >= 0.6 is 15.9 Å². The van der Waals surface area contributed by atoms with Gasteiger partial charge in [0.1, 0.15) is 18.1 Å². The second-order valence-electron chi connectivity index (χ2n) is 6.28. The Kier molecular flexibility index (Phi) is 5.78. The fraction of sp³-hybridized carbons (Fsp3) is 0.263. The first-order valence-corrected chi connectivity index (χ1v) is 10.5. The van der Waals surface area contributed by atoms with Crippen molar-refractivity contribution < 1.29 is 17.9 Å². The van der Waals surface area contributed by atoms with Gasteiger partial charge in [0.2, 0.25) is 0 Å². The van der Waals surface area contributed by atoms with Gasteiger partial charge in [-0.3, -0.25) is 0 Å². The van der Waals surface area contributed by atoms with Gasteiger partial charge < -0.3 is 14.4 Å². The highest BCUT2D eigenvalue weighted by atomic mass is 79.9. The van der Waals surface area contributed by atoms with Gasteiger partial charge in [-0.05, 0) is 56.6 Å². The number of nitrogens with zero attached hydrogens (tertiary/aromatic N) is 2. The van der Waals surface area contributed by atoms with Crippen LogP contribution in [0.25, 0.3) is 10.9 Å². The third kappa shape index (κ3) is 4.12. The number of benzene rings is 2. The van der Waals surface area contributed by atoms with Crippen molar-refractivity contribution in [1.29, 1.82) is 0 Å². The number of rotatable bonds is 7. The molecule has 6 nitrogen and oxygen atoms in total. The molecule has 0 aliphatic rings. The Balaban J connectivity index is 2.10. The maximum atomic E-state index is 13.2. The summed E-state index contributed by atoms with van der Waals surface area (Å²) < 4.78 is 39.6. The molecule has 0 atom stereocenters. The van der Waals surface area contributed by atoms with Crippen LogP contribution in [0.15, 0.2) is 58.0 Å². The van der Waals surface area contributed by atoms with Gasteiger partial charge in [-0.2, -0.15) is 0 Å². The van der Waals surface area contributed by atoms with Gasteiger partial charge in [-0.1, -0.05) is 15.9 Å². The molecule has 0 N–H and O–H groups in total. The van der Waals surface area contributed by atoms with E-state index in [2.05, 4.69) is 15.9 Å². The molecule has 1 aromatic heterocycles. The van der Waals surface area contributed by atoms with E-state index < -0.39 is 10.0 Å². The lowest BCUT2D eigenvalue weighted by molar-refractivity contribution is 0.263. The molecular weight excluding hydrogens is 432 g/mol. The van der Waals surface area contributed by atoms with Crippen LogP contribution in [0.2, 0.25) is 0 Å². The van der Waals surface area contributed by atoms with Crippen LogP contribution in [0.5, 0.6) is 11.5 Å². The Morgan fingerprint density at radius 1 is 1.11 bits per heavy atom. The zero-order chi connectivity index (χ0) is 19.6. The Morgan fingerprint density at radius 3 is 2.44 bits per heavy atom. The quantitative estimate of drug-likeness (QED) is 0.547. The SMILES string of the molecule is COc1ccc2c(c1)c(OCCN(C)C)cn2S(=O)(=O)c1ccc(Br)cc1. The van der Waals surface area contributed by atoms with Crippen LogP contribution in [0.3, 0.4) is 0 Å². The summed E-state index contributed by atoms with van der Waals surface area (Å²) in [4.78, 5) is 2.21. The largest absolute Gasteiger partial charge is 0.497 e. The van der Waals surface area contributed by atoms with E-state index in [1.54, 1.807) is 49.6 Å². The summed E-state index contributed by atoms with van der Waals surface area (Å²) in [6.45, 7) is 1.16. The van der Waals surface area contributed by atoms with E-state index in [4.69, 9.17) is 9.47 Å². The standard InChI is InChI=1S/C19H21BrN2O4S/c1-21(2)10-11-26-19-13-22(18-9-6-15(25-3)12-17(18)19)27(23,24)16-7-4-14(20)5-8-16/h4-9,12-13H,10-11H2,1-3H3. The Labute approximate surface area is 167 Å². The zero-order valence-corrected chi connectivity index (χ0v) is 17.7. The molecule has 8 heteroatoms. The molecule has 0 aliphatic carbocycles. The maximum absolute atomic E-state index is 13.2. The van der Waals surface area contributed by atoms with E-state index in [-0.39, 0.29) is 4.90 Å². The number of fused-ring (bicyclic) bond motifs is 1. The fourth-order valence-corrected chi connectivity index (χ4v) is 4.27. The Hall–Kier alpha value is -2.03. The van der Waals surface area contributed by atoms with Crippen molar-refractivity contribution in [3.05, 3.63) is 53.1 Å². The zero-order valence-electron chi connectivity index (χ0n) is 15.3. The lowest BCUT2D eigenvalue weighted by Gasteiger charge is -2.10. The number of likely N-dealkylation sites (N-methyl/N-ethyl adjacent to an activating group) is 1.